The van der Waals surface area contributed by atoms with Crippen LogP contribution >= 0.6 is 0 Å². The number of hydrogen-bond donors (Lipinski definition) is 2. The van der Waals surface area contributed by atoms with Crippen LogP contribution in [0.2, 0.25) is 0 Å². The maximum absolute atomic E-state index is 13.0. The van der Waals surface area contributed by atoms with Crippen LogP contribution in [0.15, 0.2) is 46.3 Å². The molecule has 1 heterocycles. The van der Waals surface area contributed by atoms with Gasteiger partial charge in [0, 0.05) is 11.3 Å². The van der Waals surface area contributed by atoms with Crippen LogP contribution in [0.5, 0.6) is 0 Å². The lowest BCUT2D eigenvalue weighted by Crippen LogP contribution is -2.15. The summed E-state index contributed by atoms with van der Waals surface area (Å²) in [7, 11) is 0. The molecule has 1 rings (SSSR count). The summed E-state index contributed by atoms with van der Waals surface area (Å²) in [6, 6.07) is 1.93. The molecule has 0 radical (unpaired) electrons. The van der Waals surface area contributed by atoms with Gasteiger partial charge in [-0.05, 0) is 81.9 Å². The van der Waals surface area contributed by atoms with Gasteiger partial charge in [-0.15, -0.1) is 0 Å². The SMILES string of the molecule is CCC(=C\C=C(/C)F)/C(C)=C/c1cc(NC(=O)/C(C)=C(\C)C(C)C)[nH]c1C. The standard InChI is InChI=1S/C23H33FN2O/c1-9-20(11-10-16(5)24)15(4)12-21-13-22(25-19(21)8)26-23(27)18(7)17(6)14(2)3/h10-14,25H,9H2,1-8H3,(H,26,27)/b15-12+,16-10+,18-17+,20-11+. The molecule has 0 atom stereocenters. The number of aryl methyl sites for hydroxylation is 1. The largest absolute Gasteiger partial charge is 0.345 e. The number of aromatic amines is 1. The van der Waals surface area contributed by atoms with Gasteiger partial charge >= 0.3 is 0 Å². The molecular weight excluding hydrogens is 339 g/mol. The molecule has 0 aliphatic rings. The van der Waals surface area contributed by atoms with Crippen molar-refractivity contribution < 1.29 is 9.18 Å². The predicted molar refractivity (Wildman–Crippen MR) is 114 cm³/mol. The molecule has 0 saturated heterocycles. The molecule has 3 nitrogen and oxygen atoms in total. The third kappa shape index (κ3) is 6.70. The Morgan fingerprint density at radius 1 is 1.22 bits per heavy atom. The number of carbonyl (C=O) groups excluding carboxylic acids is 1. The average molecular weight is 373 g/mol. The molecule has 0 saturated carbocycles. The lowest BCUT2D eigenvalue weighted by atomic mass is 9.99. The van der Waals surface area contributed by atoms with Crippen molar-refractivity contribution in [3.63, 3.8) is 0 Å². The third-order valence-electron chi connectivity index (χ3n) is 4.87. The minimum absolute atomic E-state index is 0.0904. The first-order valence-electron chi connectivity index (χ1n) is 9.46. The van der Waals surface area contributed by atoms with E-state index in [1.165, 1.54) is 13.0 Å². The first-order valence-corrected chi connectivity index (χ1v) is 9.46. The van der Waals surface area contributed by atoms with Gasteiger partial charge < -0.3 is 10.3 Å². The summed E-state index contributed by atoms with van der Waals surface area (Å²) in [5, 5.41) is 2.94. The topological polar surface area (TPSA) is 44.9 Å². The van der Waals surface area contributed by atoms with Gasteiger partial charge in [0.05, 0.1) is 5.83 Å². The van der Waals surface area contributed by atoms with Crippen LogP contribution in [-0.2, 0) is 4.79 Å². The molecule has 1 amide bonds. The third-order valence-corrected chi connectivity index (χ3v) is 4.87. The Bertz CT molecular complexity index is 800. The van der Waals surface area contributed by atoms with E-state index in [9.17, 15) is 9.18 Å². The zero-order valence-electron chi connectivity index (χ0n) is 17.9. The fraction of sp³-hybridized carbons (Fsp3) is 0.435. The van der Waals surface area contributed by atoms with E-state index >= 15 is 0 Å². The molecule has 1 aromatic heterocycles. The van der Waals surface area contributed by atoms with Gasteiger partial charge in [0.15, 0.2) is 0 Å². The van der Waals surface area contributed by atoms with Gasteiger partial charge in [-0.1, -0.05) is 32.4 Å². The summed E-state index contributed by atoms with van der Waals surface area (Å²) in [6.07, 6.45) is 6.17. The number of aromatic nitrogens is 1. The van der Waals surface area contributed by atoms with Crippen molar-refractivity contribution in [3.05, 3.63) is 57.6 Å². The summed E-state index contributed by atoms with van der Waals surface area (Å²) >= 11 is 0. The molecular formula is C23H33FN2O. The number of halogens is 1. The molecule has 148 valence electrons. The number of amides is 1. The highest BCUT2D eigenvalue weighted by atomic mass is 19.1. The van der Waals surface area contributed by atoms with Gasteiger partial charge in [0.25, 0.3) is 5.91 Å². The highest BCUT2D eigenvalue weighted by Crippen LogP contribution is 2.23. The summed E-state index contributed by atoms with van der Waals surface area (Å²) in [5.41, 5.74) is 5.95. The minimum atomic E-state index is -0.211. The zero-order valence-corrected chi connectivity index (χ0v) is 17.9. The number of allylic oxidation sites excluding steroid dienone is 6. The number of anilines is 1. The molecule has 0 spiro atoms. The van der Waals surface area contributed by atoms with Crippen molar-refractivity contribution >= 4 is 17.8 Å². The van der Waals surface area contributed by atoms with E-state index in [0.717, 1.165) is 40.0 Å². The predicted octanol–water partition coefficient (Wildman–Crippen LogP) is 6.87. The zero-order chi connectivity index (χ0) is 20.7. The van der Waals surface area contributed by atoms with E-state index in [-0.39, 0.29) is 11.7 Å². The van der Waals surface area contributed by atoms with Crippen LogP contribution in [0.25, 0.3) is 6.08 Å². The van der Waals surface area contributed by atoms with Crippen LogP contribution in [-0.4, -0.2) is 10.9 Å². The molecule has 2 N–H and O–H groups in total. The summed E-state index contributed by atoms with van der Waals surface area (Å²) in [6.45, 7) is 15.5. The van der Waals surface area contributed by atoms with Crippen LogP contribution < -0.4 is 5.32 Å². The normalized spacial score (nSPS) is 14.5. The Labute approximate surface area is 163 Å². The second-order valence-electron chi connectivity index (χ2n) is 7.31. The lowest BCUT2D eigenvalue weighted by Gasteiger charge is -2.10. The van der Waals surface area contributed by atoms with Crippen LogP contribution in [0.1, 0.15) is 66.1 Å². The number of carbonyl (C=O) groups is 1. The maximum atomic E-state index is 13.0. The van der Waals surface area contributed by atoms with E-state index < -0.39 is 0 Å². The lowest BCUT2D eigenvalue weighted by molar-refractivity contribution is -0.112. The molecule has 0 aromatic carbocycles. The van der Waals surface area contributed by atoms with Crippen molar-refractivity contribution in [1.82, 2.24) is 4.98 Å². The van der Waals surface area contributed by atoms with Gasteiger partial charge in [-0.3, -0.25) is 4.79 Å². The highest BCUT2D eigenvalue weighted by molar-refractivity contribution is 6.03. The van der Waals surface area contributed by atoms with E-state index in [2.05, 4.69) is 30.2 Å². The average Bonchev–Trinajstić information content (AvgIpc) is 2.92. The van der Waals surface area contributed by atoms with Crippen LogP contribution in [0.4, 0.5) is 10.2 Å². The van der Waals surface area contributed by atoms with E-state index in [1.807, 2.05) is 46.8 Å². The fourth-order valence-electron chi connectivity index (χ4n) is 2.69. The number of rotatable bonds is 7. The smallest absolute Gasteiger partial charge is 0.252 e. The fourth-order valence-corrected chi connectivity index (χ4v) is 2.69. The van der Waals surface area contributed by atoms with Gasteiger partial charge in [-0.2, -0.15) is 0 Å². The Morgan fingerprint density at radius 3 is 2.37 bits per heavy atom. The van der Waals surface area contributed by atoms with E-state index in [0.29, 0.717) is 11.7 Å². The molecule has 0 bridgehead atoms. The second kappa shape index (κ2) is 10.1. The summed E-state index contributed by atoms with van der Waals surface area (Å²) in [4.78, 5) is 15.7. The second-order valence-corrected chi connectivity index (χ2v) is 7.31. The number of H-pyrrole nitrogens is 1. The first kappa shape index (κ1) is 22.7. The Hall–Kier alpha value is -2.36. The molecule has 0 unspecified atom stereocenters. The monoisotopic (exact) mass is 372 g/mol. The number of nitrogens with one attached hydrogen (secondary N) is 2. The van der Waals surface area contributed by atoms with Gasteiger partial charge in [-0.25, -0.2) is 4.39 Å². The van der Waals surface area contributed by atoms with Crippen molar-refractivity contribution in [3.8, 4) is 0 Å². The molecule has 0 aliphatic carbocycles. The molecule has 0 fully saturated rings. The minimum Gasteiger partial charge on any atom is -0.345 e. The molecule has 4 heteroatoms. The van der Waals surface area contributed by atoms with Crippen molar-refractivity contribution in [2.24, 2.45) is 5.92 Å². The summed E-state index contributed by atoms with van der Waals surface area (Å²) in [5.74, 6) is 0.710. The number of hydrogen-bond acceptors (Lipinski definition) is 1. The maximum Gasteiger partial charge on any atom is 0.252 e. The Morgan fingerprint density at radius 2 is 1.85 bits per heavy atom. The summed E-state index contributed by atoms with van der Waals surface area (Å²) < 4.78 is 13.0. The van der Waals surface area contributed by atoms with E-state index in [1.54, 1.807) is 0 Å². The van der Waals surface area contributed by atoms with Gasteiger partial charge in [0.2, 0.25) is 0 Å². The van der Waals surface area contributed by atoms with Crippen molar-refractivity contribution in [2.75, 3.05) is 5.32 Å². The quantitative estimate of drug-likeness (QED) is 0.398. The first-order chi connectivity index (χ1) is 12.6. The Kier molecular flexibility index (Phi) is 8.48. The molecule has 27 heavy (non-hydrogen) atoms. The van der Waals surface area contributed by atoms with Crippen LogP contribution in [0.3, 0.4) is 0 Å². The van der Waals surface area contributed by atoms with Crippen LogP contribution in [0, 0.1) is 12.8 Å². The van der Waals surface area contributed by atoms with Gasteiger partial charge in [0.1, 0.15) is 5.82 Å². The Balaban J connectivity index is 3.07. The molecule has 1 aromatic rings. The van der Waals surface area contributed by atoms with Crippen molar-refractivity contribution in [2.45, 2.75) is 61.8 Å². The van der Waals surface area contributed by atoms with E-state index in [4.69, 9.17) is 0 Å². The highest BCUT2D eigenvalue weighted by Gasteiger charge is 2.12. The van der Waals surface area contributed by atoms with Crippen molar-refractivity contribution in [1.29, 1.82) is 0 Å². The molecule has 0 aliphatic heterocycles.